The highest BCUT2D eigenvalue weighted by molar-refractivity contribution is 9.10. The number of hydrogen-bond donors (Lipinski definition) is 0. The highest BCUT2D eigenvalue weighted by atomic mass is 79.9. The molecule has 0 radical (unpaired) electrons. The van der Waals surface area contributed by atoms with Crippen LogP contribution in [-0.2, 0) is 13.0 Å². The second-order valence-electron chi connectivity index (χ2n) is 4.55. The Morgan fingerprint density at radius 1 is 1.56 bits per heavy atom. The summed E-state index contributed by atoms with van der Waals surface area (Å²) in [6.45, 7) is 5.10. The van der Waals surface area contributed by atoms with Gasteiger partial charge in [0.25, 0.3) is 0 Å². The predicted octanol–water partition coefficient (Wildman–Crippen LogP) is 3.92. The first-order valence-electron chi connectivity index (χ1n) is 5.99. The van der Waals surface area contributed by atoms with Crippen molar-refractivity contribution in [3.63, 3.8) is 0 Å². The van der Waals surface area contributed by atoms with Crippen LogP contribution in [0.4, 0.5) is 0 Å². The van der Waals surface area contributed by atoms with Crippen molar-refractivity contribution in [2.75, 3.05) is 0 Å². The van der Waals surface area contributed by atoms with Gasteiger partial charge in [0.05, 0.1) is 15.9 Å². The van der Waals surface area contributed by atoms with Gasteiger partial charge < -0.3 is 0 Å². The zero-order valence-electron chi connectivity index (χ0n) is 9.84. The number of hydrogen-bond acceptors (Lipinski definition) is 1. The summed E-state index contributed by atoms with van der Waals surface area (Å²) in [5, 5.41) is 4.85. The van der Waals surface area contributed by atoms with Gasteiger partial charge in [-0.15, -0.1) is 11.6 Å². The van der Waals surface area contributed by atoms with Crippen molar-refractivity contribution < 1.29 is 0 Å². The molecular formula is C12H18BrClN2. The molecule has 1 heterocycles. The Kier molecular flexibility index (Phi) is 3.96. The van der Waals surface area contributed by atoms with Crippen LogP contribution in [0.3, 0.4) is 0 Å². The van der Waals surface area contributed by atoms with E-state index in [9.17, 15) is 0 Å². The number of halogens is 2. The summed E-state index contributed by atoms with van der Waals surface area (Å²) < 4.78 is 3.24. The fourth-order valence-electron chi connectivity index (χ4n) is 2.08. The molecule has 0 amide bonds. The smallest absolute Gasteiger partial charge is 0.0738 e. The average Bonchev–Trinajstić information content (AvgIpc) is 3.06. The molecule has 16 heavy (non-hydrogen) atoms. The highest BCUT2D eigenvalue weighted by Gasteiger charge is 2.29. The van der Waals surface area contributed by atoms with Crippen molar-refractivity contribution >= 4 is 27.5 Å². The lowest BCUT2D eigenvalue weighted by atomic mass is 10.1. The molecule has 0 spiro atoms. The van der Waals surface area contributed by atoms with Gasteiger partial charge in [0.2, 0.25) is 0 Å². The Morgan fingerprint density at radius 3 is 2.81 bits per heavy atom. The zero-order valence-corrected chi connectivity index (χ0v) is 12.2. The van der Waals surface area contributed by atoms with Gasteiger partial charge in [-0.3, -0.25) is 4.68 Å². The van der Waals surface area contributed by atoms with Crippen LogP contribution in [0.1, 0.15) is 37.6 Å². The van der Waals surface area contributed by atoms with Gasteiger partial charge in [-0.25, -0.2) is 0 Å². The molecule has 90 valence electrons. The lowest BCUT2D eigenvalue weighted by Crippen LogP contribution is -2.08. The molecule has 1 aromatic rings. The highest BCUT2D eigenvalue weighted by Crippen LogP contribution is 2.38. The summed E-state index contributed by atoms with van der Waals surface area (Å²) >= 11 is 9.96. The van der Waals surface area contributed by atoms with Gasteiger partial charge in [-0.2, -0.15) is 5.10 Å². The maximum atomic E-state index is 6.34. The predicted molar refractivity (Wildman–Crippen MR) is 71.0 cm³/mol. The van der Waals surface area contributed by atoms with Crippen molar-refractivity contribution in [3.05, 3.63) is 15.9 Å². The SMILES string of the molecule is CCn1nc(C)c(Br)c1CCC(Cl)C1CC1. The standard InChI is InChI=1S/C12H18BrClN2/c1-3-16-11(12(13)8(2)15-16)7-6-10(14)9-4-5-9/h9-10H,3-7H2,1-2H3. The van der Waals surface area contributed by atoms with Crippen LogP contribution in [0.25, 0.3) is 0 Å². The third-order valence-electron chi connectivity index (χ3n) is 3.24. The summed E-state index contributed by atoms with van der Waals surface area (Å²) in [5.74, 6) is 0.777. The first-order valence-corrected chi connectivity index (χ1v) is 7.22. The van der Waals surface area contributed by atoms with Crippen molar-refractivity contribution in [1.29, 1.82) is 0 Å². The van der Waals surface area contributed by atoms with E-state index in [4.69, 9.17) is 11.6 Å². The first-order chi connectivity index (χ1) is 7.63. The van der Waals surface area contributed by atoms with Crippen molar-refractivity contribution in [1.82, 2.24) is 9.78 Å². The third kappa shape index (κ3) is 2.62. The fraction of sp³-hybridized carbons (Fsp3) is 0.750. The molecule has 0 N–H and O–H groups in total. The summed E-state index contributed by atoms with van der Waals surface area (Å²) in [7, 11) is 0. The molecule has 1 aliphatic rings. The van der Waals surface area contributed by atoms with Crippen LogP contribution in [0.2, 0.25) is 0 Å². The number of rotatable bonds is 5. The van der Waals surface area contributed by atoms with Gasteiger partial charge in [0.15, 0.2) is 0 Å². The molecule has 1 saturated carbocycles. The molecule has 0 aliphatic heterocycles. The zero-order chi connectivity index (χ0) is 11.7. The van der Waals surface area contributed by atoms with E-state index in [-0.39, 0.29) is 0 Å². The van der Waals surface area contributed by atoms with Crippen molar-refractivity contribution in [2.24, 2.45) is 5.92 Å². The minimum absolute atomic E-state index is 0.354. The minimum atomic E-state index is 0.354. The van der Waals surface area contributed by atoms with E-state index in [2.05, 4.69) is 32.6 Å². The summed E-state index contributed by atoms with van der Waals surface area (Å²) in [5.41, 5.74) is 2.38. The molecular weight excluding hydrogens is 288 g/mol. The normalized spacial score (nSPS) is 17.8. The van der Waals surface area contributed by atoms with Gasteiger partial charge >= 0.3 is 0 Å². The van der Waals surface area contributed by atoms with Gasteiger partial charge in [-0.1, -0.05) is 0 Å². The Morgan fingerprint density at radius 2 is 2.25 bits per heavy atom. The molecule has 1 atom stereocenters. The average molecular weight is 306 g/mol. The maximum absolute atomic E-state index is 6.34. The van der Waals surface area contributed by atoms with E-state index in [1.807, 2.05) is 6.92 Å². The maximum Gasteiger partial charge on any atom is 0.0738 e. The van der Waals surface area contributed by atoms with Crippen LogP contribution in [0, 0.1) is 12.8 Å². The number of nitrogens with zero attached hydrogens (tertiary/aromatic N) is 2. The first kappa shape index (κ1) is 12.4. The molecule has 1 aliphatic carbocycles. The number of aromatic nitrogens is 2. The van der Waals surface area contributed by atoms with Crippen LogP contribution < -0.4 is 0 Å². The second-order valence-corrected chi connectivity index (χ2v) is 5.91. The molecule has 1 fully saturated rings. The molecule has 0 saturated heterocycles. The quantitative estimate of drug-likeness (QED) is 0.754. The summed E-state index contributed by atoms with van der Waals surface area (Å²) in [6, 6.07) is 0. The van der Waals surface area contributed by atoms with Crippen molar-refractivity contribution in [2.45, 2.75) is 51.5 Å². The Hall–Kier alpha value is -0.0200. The second kappa shape index (κ2) is 5.09. The third-order valence-corrected chi connectivity index (χ3v) is 4.85. The topological polar surface area (TPSA) is 17.8 Å². The summed E-state index contributed by atoms with van der Waals surface area (Å²) in [6.07, 6.45) is 4.73. The van der Waals surface area contributed by atoms with E-state index < -0.39 is 0 Å². The van der Waals surface area contributed by atoms with Gasteiger partial charge in [-0.05, 0) is 61.4 Å². The molecule has 0 bridgehead atoms. The lowest BCUT2D eigenvalue weighted by molar-refractivity contribution is 0.588. The Labute approximate surface area is 110 Å². The summed E-state index contributed by atoms with van der Waals surface area (Å²) in [4.78, 5) is 0. The van der Waals surface area contributed by atoms with E-state index in [0.29, 0.717) is 5.38 Å². The lowest BCUT2D eigenvalue weighted by Gasteiger charge is -2.09. The monoisotopic (exact) mass is 304 g/mol. The Bertz CT molecular complexity index is 371. The van der Waals surface area contributed by atoms with Gasteiger partial charge in [0, 0.05) is 11.9 Å². The van der Waals surface area contributed by atoms with E-state index in [1.165, 1.54) is 18.5 Å². The molecule has 0 aromatic carbocycles. The van der Waals surface area contributed by atoms with Crippen LogP contribution in [0.5, 0.6) is 0 Å². The number of aryl methyl sites for hydroxylation is 2. The molecule has 1 unspecified atom stereocenters. The molecule has 1 aromatic heterocycles. The fourth-order valence-corrected chi connectivity index (χ4v) is 2.92. The molecule has 2 rings (SSSR count). The van der Waals surface area contributed by atoms with Crippen LogP contribution in [-0.4, -0.2) is 15.2 Å². The van der Waals surface area contributed by atoms with Crippen LogP contribution >= 0.6 is 27.5 Å². The van der Waals surface area contributed by atoms with E-state index in [1.54, 1.807) is 0 Å². The van der Waals surface area contributed by atoms with E-state index >= 15 is 0 Å². The largest absolute Gasteiger partial charge is 0.268 e. The van der Waals surface area contributed by atoms with Gasteiger partial charge in [0.1, 0.15) is 0 Å². The molecule has 4 heteroatoms. The minimum Gasteiger partial charge on any atom is -0.268 e. The van der Waals surface area contributed by atoms with Crippen molar-refractivity contribution in [3.8, 4) is 0 Å². The molecule has 2 nitrogen and oxygen atoms in total. The number of alkyl halides is 1. The van der Waals surface area contributed by atoms with Crippen LogP contribution in [0.15, 0.2) is 4.47 Å². The van der Waals surface area contributed by atoms with E-state index in [0.717, 1.165) is 35.5 Å². The Balaban J connectivity index is 2.01.